The summed E-state index contributed by atoms with van der Waals surface area (Å²) in [7, 11) is -3.58. The molecule has 0 radical (unpaired) electrons. The lowest BCUT2D eigenvalue weighted by Crippen LogP contribution is -2.30. The molecule has 0 aliphatic rings. The Morgan fingerprint density at radius 1 is 1.03 bits per heavy atom. The molecular weight excluding hydrogens is 424 g/mol. The zero-order valence-corrected chi connectivity index (χ0v) is 17.3. The summed E-state index contributed by atoms with van der Waals surface area (Å²) < 4.78 is 77.8. The van der Waals surface area contributed by atoms with E-state index in [1.807, 2.05) is 0 Å². The summed E-state index contributed by atoms with van der Waals surface area (Å²) in [5.74, 6) is -1.96. The Hall–Kier alpha value is -2.46. The third-order valence-electron chi connectivity index (χ3n) is 4.46. The van der Waals surface area contributed by atoms with Crippen LogP contribution in [-0.2, 0) is 27.4 Å². The predicted molar refractivity (Wildman–Crippen MR) is 105 cm³/mol. The first-order valence-corrected chi connectivity index (χ1v) is 10.7. The Morgan fingerprint density at radius 3 is 2.17 bits per heavy atom. The fourth-order valence-corrected chi connectivity index (χ4v) is 4.30. The molecule has 2 rings (SSSR count). The highest BCUT2D eigenvalue weighted by atomic mass is 32.2. The van der Waals surface area contributed by atoms with Gasteiger partial charge >= 0.3 is 6.18 Å². The van der Waals surface area contributed by atoms with Gasteiger partial charge < -0.3 is 5.32 Å². The molecule has 5 nitrogen and oxygen atoms in total. The van der Waals surface area contributed by atoms with Crippen molar-refractivity contribution >= 4 is 21.6 Å². The van der Waals surface area contributed by atoms with Gasteiger partial charge in [-0.05, 0) is 42.3 Å². The number of hydrogen-bond donors (Lipinski definition) is 1. The average Bonchev–Trinajstić information content (AvgIpc) is 2.68. The topological polar surface area (TPSA) is 66.5 Å². The van der Waals surface area contributed by atoms with E-state index in [1.165, 1.54) is 16.4 Å². The number of nitrogens with zero attached hydrogens (tertiary/aromatic N) is 1. The van der Waals surface area contributed by atoms with Crippen molar-refractivity contribution in [2.45, 2.75) is 37.8 Å². The smallest absolute Gasteiger partial charge is 0.326 e. The Kier molecular flexibility index (Phi) is 7.59. The third-order valence-corrected chi connectivity index (χ3v) is 6.53. The lowest BCUT2D eigenvalue weighted by atomic mass is 10.1. The van der Waals surface area contributed by atoms with Crippen LogP contribution in [0, 0.1) is 5.82 Å². The van der Waals surface area contributed by atoms with Gasteiger partial charge in [0.15, 0.2) is 0 Å². The van der Waals surface area contributed by atoms with Crippen LogP contribution in [0.3, 0.4) is 0 Å². The second-order valence-corrected chi connectivity index (χ2v) is 8.41. The summed E-state index contributed by atoms with van der Waals surface area (Å²) in [6.07, 6.45) is -4.65. The summed E-state index contributed by atoms with van der Waals surface area (Å²) >= 11 is 0. The second kappa shape index (κ2) is 9.57. The number of rotatable bonds is 8. The normalized spacial score (nSPS) is 12.2. The first-order chi connectivity index (χ1) is 14.0. The molecule has 0 saturated carbocycles. The van der Waals surface area contributed by atoms with Crippen molar-refractivity contribution in [1.29, 1.82) is 0 Å². The minimum atomic E-state index is -4.86. The molecule has 2 aromatic carbocycles. The fourth-order valence-electron chi connectivity index (χ4n) is 2.84. The van der Waals surface area contributed by atoms with Crippen LogP contribution in [0.1, 0.15) is 31.4 Å². The SMILES string of the molecule is CCN(CC)S(=O)(=O)c1ccc(CCC(=O)Nc2ccc(F)c(C(F)(F)F)c2)cc1. The number of hydrogen-bond acceptors (Lipinski definition) is 3. The van der Waals surface area contributed by atoms with Gasteiger partial charge in [-0.1, -0.05) is 26.0 Å². The Balaban J connectivity index is 2.01. The minimum Gasteiger partial charge on any atom is -0.326 e. The number of alkyl halides is 3. The highest BCUT2D eigenvalue weighted by Gasteiger charge is 2.34. The molecule has 0 aromatic heterocycles. The molecule has 0 saturated heterocycles. The molecule has 1 N–H and O–H groups in total. The largest absolute Gasteiger partial charge is 0.419 e. The lowest BCUT2D eigenvalue weighted by Gasteiger charge is -2.18. The molecular formula is C20H22F4N2O3S. The first kappa shape index (κ1) is 23.8. The number of carbonyl (C=O) groups excluding carboxylic acids is 1. The maximum atomic E-state index is 13.3. The van der Waals surface area contributed by atoms with Gasteiger partial charge in [0.1, 0.15) is 5.82 Å². The Bertz CT molecular complexity index is 986. The molecule has 0 aliphatic heterocycles. The number of nitrogens with one attached hydrogen (secondary N) is 1. The number of amides is 1. The van der Waals surface area contributed by atoms with Gasteiger partial charge in [0.25, 0.3) is 0 Å². The van der Waals surface area contributed by atoms with E-state index < -0.39 is 33.5 Å². The van der Waals surface area contributed by atoms with Gasteiger partial charge in [0.2, 0.25) is 15.9 Å². The van der Waals surface area contributed by atoms with Gasteiger partial charge in [-0.3, -0.25) is 4.79 Å². The van der Waals surface area contributed by atoms with Crippen LogP contribution in [-0.4, -0.2) is 31.7 Å². The average molecular weight is 446 g/mol. The van der Waals surface area contributed by atoms with Crippen molar-refractivity contribution < 1.29 is 30.8 Å². The van der Waals surface area contributed by atoms with E-state index in [4.69, 9.17) is 0 Å². The molecule has 0 atom stereocenters. The van der Waals surface area contributed by atoms with E-state index in [0.29, 0.717) is 30.8 Å². The van der Waals surface area contributed by atoms with E-state index in [1.54, 1.807) is 26.0 Å². The lowest BCUT2D eigenvalue weighted by molar-refractivity contribution is -0.140. The zero-order chi connectivity index (χ0) is 22.5. The number of anilines is 1. The Labute approximate surface area is 172 Å². The summed E-state index contributed by atoms with van der Waals surface area (Å²) in [5.41, 5.74) is -0.918. The molecule has 164 valence electrons. The van der Waals surface area contributed by atoms with Gasteiger partial charge in [-0.25, -0.2) is 12.8 Å². The quantitative estimate of drug-likeness (QED) is 0.610. The van der Waals surface area contributed by atoms with Crippen LogP contribution in [0.25, 0.3) is 0 Å². The summed E-state index contributed by atoms with van der Waals surface area (Å²) in [6, 6.07) is 8.32. The van der Waals surface area contributed by atoms with Crippen molar-refractivity contribution in [1.82, 2.24) is 4.31 Å². The Morgan fingerprint density at radius 2 is 1.63 bits per heavy atom. The summed E-state index contributed by atoms with van der Waals surface area (Å²) in [5, 5.41) is 2.31. The van der Waals surface area contributed by atoms with E-state index in [-0.39, 0.29) is 23.4 Å². The van der Waals surface area contributed by atoms with Crippen molar-refractivity contribution in [3.8, 4) is 0 Å². The van der Waals surface area contributed by atoms with Crippen molar-refractivity contribution in [3.05, 3.63) is 59.4 Å². The van der Waals surface area contributed by atoms with Crippen molar-refractivity contribution in [2.75, 3.05) is 18.4 Å². The fraction of sp³-hybridized carbons (Fsp3) is 0.350. The van der Waals surface area contributed by atoms with Crippen LogP contribution in [0.15, 0.2) is 47.4 Å². The second-order valence-electron chi connectivity index (χ2n) is 6.47. The molecule has 1 amide bonds. The number of aryl methyl sites for hydroxylation is 1. The van der Waals surface area contributed by atoms with Crippen LogP contribution < -0.4 is 5.32 Å². The number of sulfonamides is 1. The van der Waals surface area contributed by atoms with Crippen molar-refractivity contribution in [2.24, 2.45) is 0 Å². The molecule has 0 fully saturated rings. The molecule has 0 heterocycles. The monoisotopic (exact) mass is 446 g/mol. The van der Waals surface area contributed by atoms with Crippen LogP contribution in [0.2, 0.25) is 0 Å². The molecule has 30 heavy (non-hydrogen) atoms. The highest BCUT2D eigenvalue weighted by molar-refractivity contribution is 7.89. The van der Waals surface area contributed by atoms with Crippen LogP contribution in [0.4, 0.5) is 23.2 Å². The number of benzene rings is 2. The highest BCUT2D eigenvalue weighted by Crippen LogP contribution is 2.33. The van der Waals surface area contributed by atoms with Gasteiger partial charge in [-0.2, -0.15) is 17.5 Å². The predicted octanol–water partition coefficient (Wildman–Crippen LogP) is 4.45. The zero-order valence-electron chi connectivity index (χ0n) is 16.5. The standard InChI is InChI=1S/C20H22F4N2O3S/c1-3-26(4-2)30(28,29)16-9-5-14(6-10-16)7-12-19(27)25-15-8-11-18(21)17(13-15)20(22,23)24/h5-6,8-11,13H,3-4,7,12H2,1-2H3,(H,25,27). The van der Waals surface area contributed by atoms with E-state index in [0.717, 1.165) is 6.07 Å². The van der Waals surface area contributed by atoms with Crippen molar-refractivity contribution in [3.63, 3.8) is 0 Å². The van der Waals surface area contributed by atoms with Gasteiger partial charge in [-0.15, -0.1) is 0 Å². The molecule has 2 aromatic rings. The van der Waals surface area contributed by atoms with E-state index in [9.17, 15) is 30.8 Å². The summed E-state index contributed by atoms with van der Waals surface area (Å²) in [6.45, 7) is 4.18. The third kappa shape index (κ3) is 5.79. The van der Waals surface area contributed by atoms with Gasteiger partial charge in [0, 0.05) is 25.2 Å². The first-order valence-electron chi connectivity index (χ1n) is 9.24. The molecule has 0 bridgehead atoms. The summed E-state index contributed by atoms with van der Waals surface area (Å²) in [4.78, 5) is 12.2. The van der Waals surface area contributed by atoms with E-state index >= 15 is 0 Å². The maximum absolute atomic E-state index is 13.3. The molecule has 0 unspecified atom stereocenters. The number of carbonyl (C=O) groups is 1. The number of halogens is 4. The molecule has 0 aliphatic carbocycles. The van der Waals surface area contributed by atoms with E-state index in [2.05, 4.69) is 5.32 Å². The van der Waals surface area contributed by atoms with Crippen LogP contribution >= 0.6 is 0 Å². The molecule has 10 heteroatoms. The van der Waals surface area contributed by atoms with Gasteiger partial charge in [0.05, 0.1) is 10.5 Å². The van der Waals surface area contributed by atoms with Crippen LogP contribution in [0.5, 0.6) is 0 Å². The minimum absolute atomic E-state index is 0.0408. The molecule has 0 spiro atoms. The maximum Gasteiger partial charge on any atom is 0.419 e.